The van der Waals surface area contributed by atoms with Gasteiger partial charge in [-0.2, -0.15) is 0 Å². The lowest BCUT2D eigenvalue weighted by atomic mass is 10.3. The summed E-state index contributed by atoms with van der Waals surface area (Å²) in [4.78, 5) is 0. The number of hydrogen-bond acceptors (Lipinski definition) is 2. The van der Waals surface area contributed by atoms with Crippen LogP contribution in [0.1, 0.15) is 41.5 Å². The van der Waals surface area contributed by atoms with Gasteiger partial charge in [-0.15, -0.1) is 0 Å². The van der Waals surface area contributed by atoms with Gasteiger partial charge in [0, 0.05) is 0 Å². The monoisotopic (exact) mass is 270 g/mol. The van der Waals surface area contributed by atoms with Crippen LogP contribution in [0, 0.1) is 0 Å². The third-order valence-corrected chi connectivity index (χ3v) is 9.83. The lowest BCUT2D eigenvalue weighted by Crippen LogP contribution is -2.48. The van der Waals surface area contributed by atoms with Crippen LogP contribution in [0.25, 0.3) is 0 Å². The summed E-state index contributed by atoms with van der Waals surface area (Å²) in [7, 11) is -1.82. The number of aliphatic hydroxyl groups excluding tert-OH is 1. The molecule has 106 valence electrons. The van der Waals surface area contributed by atoms with E-state index < -0.39 is 8.32 Å². The highest BCUT2D eigenvalue weighted by Crippen LogP contribution is 2.42. The Kier molecular flexibility index (Phi) is 7.75. The van der Waals surface area contributed by atoms with E-state index in [1.807, 2.05) is 6.08 Å². The van der Waals surface area contributed by atoms with E-state index >= 15 is 0 Å². The van der Waals surface area contributed by atoms with Gasteiger partial charge in [0.1, 0.15) is 0 Å². The van der Waals surface area contributed by atoms with Gasteiger partial charge in [0.25, 0.3) is 0 Å². The highest BCUT2D eigenvalue weighted by atomic mass is 28.4. The topological polar surface area (TPSA) is 29.5 Å². The Hall–Kier alpha value is -0.383. The first kappa shape index (κ1) is 17.6. The van der Waals surface area contributed by atoms with Gasteiger partial charge < -0.3 is 9.53 Å². The average Bonchev–Trinajstić information content (AvgIpc) is 2.26. The number of hydrogen-bond donors (Lipinski definition) is 1. The van der Waals surface area contributed by atoms with Gasteiger partial charge in [-0.25, -0.2) is 0 Å². The maximum absolute atomic E-state index is 9.29. The van der Waals surface area contributed by atoms with Crippen LogP contribution < -0.4 is 0 Å². The molecule has 0 atom stereocenters. The average molecular weight is 270 g/mol. The van der Waals surface area contributed by atoms with Crippen LogP contribution in [0.4, 0.5) is 0 Å². The molecular weight excluding hydrogens is 240 g/mol. The largest absolute Gasteiger partial charge is 0.412 e. The lowest BCUT2D eigenvalue weighted by molar-refractivity contribution is 0.268. The normalized spacial score (nSPS) is 13.8. The highest BCUT2D eigenvalue weighted by Gasteiger charge is 2.44. The van der Waals surface area contributed by atoms with Crippen molar-refractivity contribution in [3.05, 3.63) is 24.3 Å². The molecule has 0 aromatic carbocycles. The van der Waals surface area contributed by atoms with Crippen LogP contribution in [-0.4, -0.2) is 26.6 Å². The molecule has 0 fully saturated rings. The summed E-state index contributed by atoms with van der Waals surface area (Å²) in [5, 5.41) is 9.29. The second-order valence-electron chi connectivity index (χ2n) is 5.83. The first-order valence-electron chi connectivity index (χ1n) is 6.88. The Morgan fingerprint density at radius 1 is 1.11 bits per heavy atom. The van der Waals surface area contributed by atoms with E-state index in [2.05, 4.69) is 48.1 Å². The zero-order valence-corrected chi connectivity index (χ0v) is 13.9. The molecule has 0 amide bonds. The number of aliphatic hydroxyl groups is 1. The minimum atomic E-state index is -1.82. The van der Waals surface area contributed by atoms with Crippen LogP contribution in [0.15, 0.2) is 24.3 Å². The number of allylic oxidation sites excluding steroid dienone is 2. The van der Waals surface area contributed by atoms with Gasteiger partial charge in [-0.05, 0) is 22.2 Å². The van der Waals surface area contributed by atoms with Crippen LogP contribution >= 0.6 is 0 Å². The predicted octanol–water partition coefficient (Wildman–Crippen LogP) is 4.28. The molecule has 0 aromatic heterocycles. The molecule has 0 bridgehead atoms. The Morgan fingerprint density at radius 2 is 1.56 bits per heavy atom. The second-order valence-corrected chi connectivity index (χ2v) is 11.3. The summed E-state index contributed by atoms with van der Waals surface area (Å²) in [6.07, 6.45) is 3.55. The van der Waals surface area contributed by atoms with Gasteiger partial charge in [-0.1, -0.05) is 60.3 Å². The van der Waals surface area contributed by atoms with E-state index in [0.29, 0.717) is 23.2 Å². The van der Waals surface area contributed by atoms with Crippen LogP contribution in [-0.2, 0) is 4.43 Å². The van der Waals surface area contributed by atoms with Crippen molar-refractivity contribution < 1.29 is 9.53 Å². The van der Waals surface area contributed by atoms with Gasteiger partial charge in [0.05, 0.1) is 13.2 Å². The molecule has 0 rings (SSSR count). The molecule has 0 aromatic rings. The van der Waals surface area contributed by atoms with Gasteiger partial charge in [-0.3, -0.25) is 0 Å². The molecule has 0 spiro atoms. The summed E-state index contributed by atoms with van der Waals surface area (Å²) >= 11 is 0. The SMILES string of the molecule is C=C/C=C(/CO)CO[Si](C(C)C)(C(C)C)C(C)C. The van der Waals surface area contributed by atoms with E-state index in [1.54, 1.807) is 6.08 Å². The molecule has 0 saturated carbocycles. The second kappa shape index (κ2) is 7.92. The van der Waals surface area contributed by atoms with Crippen molar-refractivity contribution in [3.8, 4) is 0 Å². The lowest BCUT2D eigenvalue weighted by Gasteiger charge is -2.42. The maximum atomic E-state index is 9.29. The summed E-state index contributed by atoms with van der Waals surface area (Å²) in [6.45, 7) is 17.8. The minimum Gasteiger partial charge on any atom is -0.412 e. The molecule has 0 aliphatic heterocycles. The fourth-order valence-electron chi connectivity index (χ4n) is 3.03. The van der Waals surface area contributed by atoms with Crippen molar-refractivity contribution in [2.45, 2.75) is 58.2 Å². The zero-order valence-electron chi connectivity index (χ0n) is 12.9. The maximum Gasteiger partial charge on any atom is 0.200 e. The third-order valence-electron chi connectivity index (χ3n) is 3.77. The molecule has 0 radical (unpaired) electrons. The Morgan fingerprint density at radius 3 is 1.83 bits per heavy atom. The molecule has 0 aliphatic rings. The van der Waals surface area contributed by atoms with Crippen LogP contribution in [0.2, 0.25) is 16.6 Å². The fourth-order valence-corrected chi connectivity index (χ4v) is 8.47. The van der Waals surface area contributed by atoms with E-state index in [0.717, 1.165) is 5.57 Å². The van der Waals surface area contributed by atoms with Crippen LogP contribution in [0.3, 0.4) is 0 Å². The van der Waals surface area contributed by atoms with E-state index in [4.69, 9.17) is 4.43 Å². The molecule has 2 nitrogen and oxygen atoms in total. The van der Waals surface area contributed by atoms with Crippen molar-refractivity contribution in [2.24, 2.45) is 0 Å². The van der Waals surface area contributed by atoms with Crippen molar-refractivity contribution in [1.82, 2.24) is 0 Å². The first-order chi connectivity index (χ1) is 8.32. The smallest absolute Gasteiger partial charge is 0.200 e. The molecule has 1 N–H and O–H groups in total. The van der Waals surface area contributed by atoms with Gasteiger partial charge in [0.2, 0.25) is 8.32 Å². The van der Waals surface area contributed by atoms with Crippen molar-refractivity contribution >= 4 is 8.32 Å². The fraction of sp³-hybridized carbons (Fsp3) is 0.733. The van der Waals surface area contributed by atoms with Crippen molar-refractivity contribution in [3.63, 3.8) is 0 Å². The summed E-state index contributed by atoms with van der Waals surface area (Å²) in [5.41, 5.74) is 2.62. The predicted molar refractivity (Wildman–Crippen MR) is 82.4 cm³/mol. The molecular formula is C15H30O2Si. The highest BCUT2D eigenvalue weighted by molar-refractivity contribution is 6.77. The third kappa shape index (κ3) is 4.07. The summed E-state index contributed by atoms with van der Waals surface area (Å²) in [6, 6.07) is 0. The Labute approximate surface area is 114 Å². The molecule has 0 heterocycles. The van der Waals surface area contributed by atoms with Gasteiger partial charge in [0.15, 0.2) is 0 Å². The van der Waals surface area contributed by atoms with Gasteiger partial charge >= 0.3 is 0 Å². The van der Waals surface area contributed by atoms with E-state index in [9.17, 15) is 5.11 Å². The molecule has 0 unspecified atom stereocenters. The van der Waals surface area contributed by atoms with Crippen molar-refractivity contribution in [2.75, 3.05) is 13.2 Å². The van der Waals surface area contributed by atoms with Crippen molar-refractivity contribution in [1.29, 1.82) is 0 Å². The molecule has 0 aliphatic carbocycles. The van der Waals surface area contributed by atoms with E-state index in [1.165, 1.54) is 0 Å². The summed E-state index contributed by atoms with van der Waals surface area (Å²) < 4.78 is 6.38. The molecule has 3 heteroatoms. The standard InChI is InChI=1S/C15H30O2Si/c1-8-9-15(10-16)11-17-18(12(2)3,13(4)5)14(6)7/h8-9,12-14,16H,1,10-11H2,2-7H3/b15-9-. The van der Waals surface area contributed by atoms with Crippen LogP contribution in [0.5, 0.6) is 0 Å². The summed E-state index contributed by atoms with van der Waals surface area (Å²) in [5.74, 6) is 0. The first-order valence-corrected chi connectivity index (χ1v) is 9.02. The Bertz CT molecular complexity index is 258. The zero-order chi connectivity index (χ0) is 14.3. The minimum absolute atomic E-state index is 0.0464. The quantitative estimate of drug-likeness (QED) is 0.527. The van der Waals surface area contributed by atoms with E-state index in [-0.39, 0.29) is 6.61 Å². The Balaban J connectivity index is 5.02. The molecule has 18 heavy (non-hydrogen) atoms. The molecule has 0 saturated heterocycles. The number of rotatable bonds is 8.